The summed E-state index contributed by atoms with van der Waals surface area (Å²) in [5.74, 6) is 0. The quantitative estimate of drug-likeness (QED) is 0.178. The number of furan rings is 1. The standard InChI is InChI=1S/C48H29NOS2/c1-3-13-30(14-4-1)31-25-27-33(28-26-31)49(40-22-12-21-37-36-20-11-19-34(46(36)52-47(37)40)32-15-5-2-6-16-32)41-29-39-35-17-7-9-23-42(35)50-45(39)48-44(41)38-18-8-10-24-43(38)51-48/h1-29H. The molecule has 0 radical (unpaired) electrons. The highest BCUT2D eigenvalue weighted by molar-refractivity contribution is 7.27. The van der Waals surface area contributed by atoms with E-state index in [2.05, 4.69) is 181 Å². The van der Waals surface area contributed by atoms with E-state index in [0.717, 1.165) is 39.0 Å². The van der Waals surface area contributed by atoms with Crippen molar-refractivity contribution in [2.24, 2.45) is 0 Å². The van der Waals surface area contributed by atoms with Crippen molar-refractivity contribution in [1.82, 2.24) is 0 Å². The summed E-state index contributed by atoms with van der Waals surface area (Å²) in [6.45, 7) is 0. The van der Waals surface area contributed by atoms with Crippen LogP contribution < -0.4 is 4.90 Å². The number of para-hydroxylation sites is 1. The second kappa shape index (κ2) is 11.7. The van der Waals surface area contributed by atoms with E-state index in [4.69, 9.17) is 4.42 Å². The van der Waals surface area contributed by atoms with Crippen LogP contribution in [0.5, 0.6) is 0 Å². The topological polar surface area (TPSA) is 16.4 Å². The van der Waals surface area contributed by atoms with Gasteiger partial charge in [-0.15, -0.1) is 22.7 Å². The molecule has 0 saturated heterocycles. The van der Waals surface area contributed by atoms with Crippen molar-refractivity contribution in [3.05, 3.63) is 176 Å². The van der Waals surface area contributed by atoms with E-state index in [1.807, 2.05) is 22.7 Å². The van der Waals surface area contributed by atoms with Gasteiger partial charge in [-0.1, -0.05) is 140 Å². The van der Waals surface area contributed by atoms with Gasteiger partial charge in [0.2, 0.25) is 0 Å². The van der Waals surface area contributed by atoms with Gasteiger partial charge in [0.05, 0.1) is 20.8 Å². The zero-order valence-electron chi connectivity index (χ0n) is 27.9. The molecule has 0 fully saturated rings. The molecule has 3 heterocycles. The molecule has 52 heavy (non-hydrogen) atoms. The van der Waals surface area contributed by atoms with Crippen LogP contribution in [0, 0.1) is 0 Å². The summed E-state index contributed by atoms with van der Waals surface area (Å²) in [7, 11) is 0. The van der Waals surface area contributed by atoms with Crippen molar-refractivity contribution in [2.45, 2.75) is 0 Å². The first kappa shape index (κ1) is 29.5. The molecule has 244 valence electrons. The Morgan fingerprint density at radius 3 is 1.85 bits per heavy atom. The third-order valence-electron chi connectivity index (χ3n) is 10.3. The van der Waals surface area contributed by atoms with Gasteiger partial charge in [-0.3, -0.25) is 0 Å². The molecule has 0 aliphatic heterocycles. The van der Waals surface area contributed by atoms with Crippen molar-refractivity contribution in [1.29, 1.82) is 0 Å². The predicted octanol–water partition coefficient (Wildman–Crippen LogP) is 15.1. The molecule has 0 amide bonds. The zero-order valence-corrected chi connectivity index (χ0v) is 29.5. The molecule has 0 bridgehead atoms. The minimum absolute atomic E-state index is 0.909. The maximum atomic E-state index is 6.67. The fraction of sp³-hybridized carbons (Fsp3) is 0. The number of nitrogens with zero attached hydrogens (tertiary/aromatic N) is 1. The van der Waals surface area contributed by atoms with Crippen LogP contribution in [0.4, 0.5) is 17.1 Å². The summed E-state index contributed by atoms with van der Waals surface area (Å²) in [5, 5.41) is 7.26. The second-order valence-electron chi connectivity index (χ2n) is 13.2. The monoisotopic (exact) mass is 699 g/mol. The number of hydrogen-bond donors (Lipinski definition) is 0. The number of benzene rings is 8. The van der Waals surface area contributed by atoms with Gasteiger partial charge in [0.15, 0.2) is 5.58 Å². The van der Waals surface area contributed by atoms with E-state index in [9.17, 15) is 0 Å². The van der Waals surface area contributed by atoms with Crippen molar-refractivity contribution < 1.29 is 4.42 Å². The Hall–Kier alpha value is -6.20. The Morgan fingerprint density at radius 2 is 1.04 bits per heavy atom. The number of anilines is 3. The molecule has 2 nitrogen and oxygen atoms in total. The third-order valence-corrected chi connectivity index (χ3v) is 12.7. The lowest BCUT2D eigenvalue weighted by molar-refractivity contribution is 0.673. The zero-order chi connectivity index (χ0) is 34.2. The van der Waals surface area contributed by atoms with Gasteiger partial charge in [-0.25, -0.2) is 0 Å². The average molecular weight is 700 g/mol. The van der Waals surface area contributed by atoms with E-state index in [-0.39, 0.29) is 0 Å². The average Bonchev–Trinajstić information content (AvgIpc) is 3.91. The molecule has 4 heteroatoms. The van der Waals surface area contributed by atoms with Crippen LogP contribution in [0.15, 0.2) is 180 Å². The minimum Gasteiger partial charge on any atom is -0.455 e. The lowest BCUT2D eigenvalue weighted by atomic mass is 10.0. The van der Waals surface area contributed by atoms with E-state index >= 15 is 0 Å². The Bertz CT molecular complexity index is 3120. The Labute approximate surface area is 308 Å². The van der Waals surface area contributed by atoms with Gasteiger partial charge in [0, 0.05) is 47.4 Å². The van der Waals surface area contributed by atoms with Crippen LogP contribution in [0.25, 0.3) is 84.5 Å². The molecule has 0 saturated carbocycles. The normalized spacial score (nSPS) is 11.8. The number of thiophene rings is 2. The molecule has 0 spiro atoms. The first-order chi connectivity index (χ1) is 25.8. The first-order valence-corrected chi connectivity index (χ1v) is 19.1. The molecule has 0 aliphatic rings. The van der Waals surface area contributed by atoms with Crippen molar-refractivity contribution in [2.75, 3.05) is 4.90 Å². The Balaban J connectivity index is 1.25. The van der Waals surface area contributed by atoms with Crippen LogP contribution in [0.3, 0.4) is 0 Å². The lowest BCUT2D eigenvalue weighted by Crippen LogP contribution is -2.10. The highest BCUT2D eigenvalue weighted by atomic mass is 32.1. The largest absolute Gasteiger partial charge is 0.455 e. The second-order valence-corrected chi connectivity index (χ2v) is 15.3. The minimum atomic E-state index is 0.909. The fourth-order valence-electron chi connectivity index (χ4n) is 7.89. The van der Waals surface area contributed by atoms with E-state index in [0.29, 0.717) is 0 Å². The van der Waals surface area contributed by atoms with E-state index in [1.165, 1.54) is 62.6 Å². The molecular weight excluding hydrogens is 671 g/mol. The van der Waals surface area contributed by atoms with Crippen molar-refractivity contribution in [3.63, 3.8) is 0 Å². The fourth-order valence-corrected chi connectivity index (χ4v) is 10.4. The van der Waals surface area contributed by atoms with Gasteiger partial charge >= 0.3 is 0 Å². The summed E-state index contributed by atoms with van der Waals surface area (Å²) in [6.07, 6.45) is 0. The van der Waals surface area contributed by atoms with E-state index < -0.39 is 0 Å². The number of hydrogen-bond acceptors (Lipinski definition) is 4. The van der Waals surface area contributed by atoms with Crippen molar-refractivity contribution >= 4 is 102 Å². The number of fused-ring (bicyclic) bond motifs is 10. The van der Waals surface area contributed by atoms with Gasteiger partial charge < -0.3 is 9.32 Å². The molecule has 0 N–H and O–H groups in total. The smallest absolute Gasteiger partial charge is 0.153 e. The van der Waals surface area contributed by atoms with Gasteiger partial charge in [0.25, 0.3) is 0 Å². The van der Waals surface area contributed by atoms with Gasteiger partial charge in [0.1, 0.15) is 5.58 Å². The highest BCUT2D eigenvalue weighted by Crippen LogP contribution is 2.52. The summed E-state index contributed by atoms with van der Waals surface area (Å²) in [4.78, 5) is 2.50. The van der Waals surface area contributed by atoms with E-state index in [1.54, 1.807) is 0 Å². The lowest BCUT2D eigenvalue weighted by Gasteiger charge is -2.27. The third kappa shape index (κ3) is 4.48. The van der Waals surface area contributed by atoms with Crippen LogP contribution >= 0.6 is 22.7 Å². The van der Waals surface area contributed by atoms with Gasteiger partial charge in [-0.2, -0.15) is 0 Å². The summed E-state index contributed by atoms with van der Waals surface area (Å²) in [6, 6.07) is 63.5. The van der Waals surface area contributed by atoms with Crippen molar-refractivity contribution in [3.8, 4) is 22.3 Å². The SMILES string of the molecule is c1ccc(-c2ccc(N(c3cccc4c3sc3c(-c5ccccc5)cccc34)c3cc4c5ccccc5oc4c4sc5ccccc5c34)cc2)cc1. The van der Waals surface area contributed by atoms with Crippen LogP contribution in [-0.4, -0.2) is 0 Å². The summed E-state index contributed by atoms with van der Waals surface area (Å²) < 4.78 is 11.7. The molecule has 0 unspecified atom stereocenters. The molecule has 11 rings (SSSR count). The summed E-state index contributed by atoms with van der Waals surface area (Å²) in [5.41, 5.74) is 10.2. The maximum absolute atomic E-state index is 6.67. The van der Waals surface area contributed by atoms with Crippen LogP contribution in [0.1, 0.15) is 0 Å². The molecule has 0 aliphatic carbocycles. The highest BCUT2D eigenvalue weighted by Gasteiger charge is 2.25. The molecular formula is C48H29NOS2. The van der Waals surface area contributed by atoms with Crippen LogP contribution in [0.2, 0.25) is 0 Å². The molecule has 8 aromatic carbocycles. The predicted molar refractivity (Wildman–Crippen MR) is 225 cm³/mol. The Morgan fingerprint density at radius 1 is 0.404 bits per heavy atom. The number of rotatable bonds is 5. The Kier molecular flexibility index (Phi) is 6.63. The molecule has 0 atom stereocenters. The maximum Gasteiger partial charge on any atom is 0.153 e. The molecule has 3 aromatic heterocycles. The van der Waals surface area contributed by atoms with Crippen LogP contribution in [-0.2, 0) is 0 Å². The molecule has 11 aromatic rings. The van der Waals surface area contributed by atoms with Gasteiger partial charge in [-0.05, 0) is 58.7 Å². The summed E-state index contributed by atoms with van der Waals surface area (Å²) >= 11 is 3.71. The first-order valence-electron chi connectivity index (χ1n) is 17.5.